The van der Waals surface area contributed by atoms with Crippen molar-refractivity contribution in [3.63, 3.8) is 0 Å². The lowest BCUT2D eigenvalue weighted by atomic mass is 10.0. The topological polar surface area (TPSA) is 104 Å². The molecule has 0 fully saturated rings. The summed E-state index contributed by atoms with van der Waals surface area (Å²) in [6, 6.07) is -0.985. The van der Waals surface area contributed by atoms with Gasteiger partial charge in [0.2, 0.25) is 5.91 Å². The van der Waals surface area contributed by atoms with Gasteiger partial charge in [0.1, 0.15) is 0 Å². The van der Waals surface area contributed by atoms with E-state index in [1.807, 2.05) is 0 Å². The fraction of sp³-hybridized carbons (Fsp3) is 0.780. The van der Waals surface area contributed by atoms with Gasteiger partial charge in [0.05, 0.1) is 17.9 Å². The minimum absolute atomic E-state index is 0.264. The van der Waals surface area contributed by atoms with Gasteiger partial charge in [0.25, 0.3) is 10.1 Å². The molecule has 7 heteroatoms. The van der Waals surface area contributed by atoms with Crippen LogP contribution in [0.3, 0.4) is 0 Å². The number of allylic oxidation sites excluding steroid dienone is 10. The third-order valence-electron chi connectivity index (χ3n) is 10.7. The number of aliphatic hydroxyl groups is 1. The van der Waals surface area contributed by atoms with Crippen molar-refractivity contribution in [3.05, 3.63) is 60.8 Å². The lowest BCUT2D eigenvalue weighted by Crippen LogP contribution is -2.47. The van der Waals surface area contributed by atoms with Gasteiger partial charge in [0, 0.05) is 6.42 Å². The number of aliphatic hydroxyl groups excluding tert-OH is 1. The molecule has 2 atom stereocenters. The van der Waals surface area contributed by atoms with E-state index in [0.717, 1.165) is 89.9 Å². The molecular weight excluding hydrogens is 727 g/mol. The Morgan fingerprint density at radius 3 is 1.25 bits per heavy atom. The molecule has 0 heterocycles. The fourth-order valence-electron chi connectivity index (χ4n) is 7.19. The molecule has 2 unspecified atom stereocenters. The van der Waals surface area contributed by atoms with Crippen molar-refractivity contribution < 1.29 is 22.9 Å². The first-order valence-corrected chi connectivity index (χ1v) is 25.6. The van der Waals surface area contributed by atoms with Gasteiger partial charge in [-0.25, -0.2) is 0 Å². The van der Waals surface area contributed by atoms with Gasteiger partial charge in [-0.05, 0) is 57.8 Å². The summed E-state index contributed by atoms with van der Waals surface area (Å²) in [6.45, 7) is 4.43. The molecule has 57 heavy (non-hydrogen) atoms. The summed E-state index contributed by atoms with van der Waals surface area (Å²) in [5.41, 5.74) is 0. The largest absolute Gasteiger partial charge is 0.391 e. The van der Waals surface area contributed by atoms with E-state index in [4.69, 9.17) is 0 Å². The summed E-state index contributed by atoms with van der Waals surface area (Å²) in [5, 5.41) is 13.4. The van der Waals surface area contributed by atoms with Crippen LogP contribution < -0.4 is 5.32 Å². The van der Waals surface area contributed by atoms with E-state index in [0.29, 0.717) is 12.8 Å². The van der Waals surface area contributed by atoms with Crippen molar-refractivity contribution >= 4 is 16.0 Å². The highest BCUT2D eigenvalue weighted by Gasteiger charge is 2.26. The summed E-state index contributed by atoms with van der Waals surface area (Å²) in [6.07, 6.45) is 60.3. The lowest BCUT2D eigenvalue weighted by molar-refractivity contribution is -0.122. The highest BCUT2D eigenvalue weighted by molar-refractivity contribution is 7.85. The number of carbonyl (C=O) groups excluding carboxylic acids is 1. The van der Waals surface area contributed by atoms with Crippen molar-refractivity contribution in [2.45, 2.75) is 244 Å². The van der Waals surface area contributed by atoms with Crippen LogP contribution in [0.5, 0.6) is 0 Å². The molecule has 0 rings (SSSR count). The second-order valence-electron chi connectivity index (χ2n) is 16.4. The summed E-state index contributed by atoms with van der Waals surface area (Å²) in [5.74, 6) is -0.921. The molecule has 0 aliphatic heterocycles. The van der Waals surface area contributed by atoms with Gasteiger partial charge >= 0.3 is 0 Å². The standard InChI is InChI=1S/C50H91NO5S/c1-3-5-7-9-11-13-15-17-19-21-23-25-27-29-31-33-35-37-39-41-43-45-49(52)48(47-57(54,55)56)51-50(53)46-44-42-40-38-36-34-32-30-28-26-24-22-20-18-16-14-12-10-8-6-4-2/h6,8,12,14,18,20,24,26,30,32,48-49,52H,3-5,7,9-11,13,15-17,19,21-23,25,27-29,31,33-47H2,1-2H3,(H,51,53)(H,54,55,56)/b8-6-,14-12-,20-18-,26-24-,32-30-. The SMILES string of the molecule is CC/C=C\C/C=C\C/C=C\C/C=C\C/C=C\CCCCCCCC(=O)NC(CS(=O)(=O)O)C(O)CCCCCCCCCCCCCCCCCCCCCCC. The molecule has 0 aromatic rings. The average Bonchev–Trinajstić information content (AvgIpc) is 3.18. The van der Waals surface area contributed by atoms with Crippen LogP contribution in [0.2, 0.25) is 0 Å². The van der Waals surface area contributed by atoms with E-state index in [1.54, 1.807) is 0 Å². The number of hydrogen-bond donors (Lipinski definition) is 3. The molecular formula is C50H91NO5S. The number of carbonyl (C=O) groups is 1. The Labute approximate surface area is 353 Å². The molecule has 0 aromatic carbocycles. The van der Waals surface area contributed by atoms with E-state index in [2.05, 4.69) is 79.9 Å². The average molecular weight is 818 g/mol. The van der Waals surface area contributed by atoms with Gasteiger partial charge < -0.3 is 10.4 Å². The number of amides is 1. The zero-order valence-electron chi connectivity index (χ0n) is 37.2. The maximum absolute atomic E-state index is 12.6. The van der Waals surface area contributed by atoms with Crippen LogP contribution in [0.25, 0.3) is 0 Å². The predicted octanol–water partition coefficient (Wildman–Crippen LogP) is 14.8. The Hall–Kier alpha value is -1.96. The van der Waals surface area contributed by atoms with E-state index < -0.39 is 28.0 Å². The minimum atomic E-state index is -4.33. The molecule has 0 bridgehead atoms. The molecule has 0 aliphatic rings. The van der Waals surface area contributed by atoms with Gasteiger partial charge in [-0.3, -0.25) is 9.35 Å². The van der Waals surface area contributed by atoms with Crippen LogP contribution in [0.4, 0.5) is 0 Å². The molecule has 0 spiro atoms. The third kappa shape index (κ3) is 45.0. The van der Waals surface area contributed by atoms with E-state index in [1.165, 1.54) is 116 Å². The molecule has 1 amide bonds. The van der Waals surface area contributed by atoms with Crippen molar-refractivity contribution in [2.24, 2.45) is 0 Å². The zero-order valence-corrected chi connectivity index (χ0v) is 38.0. The van der Waals surface area contributed by atoms with Crippen LogP contribution in [-0.2, 0) is 14.9 Å². The fourth-order valence-corrected chi connectivity index (χ4v) is 7.95. The Bertz CT molecular complexity index is 1130. The van der Waals surface area contributed by atoms with E-state index in [9.17, 15) is 22.9 Å². The molecule has 0 radical (unpaired) electrons. The van der Waals surface area contributed by atoms with Crippen LogP contribution in [-0.4, -0.2) is 41.9 Å². The summed E-state index contributed by atoms with van der Waals surface area (Å²) in [4.78, 5) is 12.6. The Morgan fingerprint density at radius 2 is 0.842 bits per heavy atom. The van der Waals surface area contributed by atoms with Crippen LogP contribution in [0.15, 0.2) is 60.8 Å². The summed E-state index contributed by atoms with van der Waals surface area (Å²) in [7, 11) is -4.33. The molecule has 6 nitrogen and oxygen atoms in total. The van der Waals surface area contributed by atoms with Crippen LogP contribution in [0, 0.1) is 0 Å². The van der Waals surface area contributed by atoms with Gasteiger partial charge in [-0.1, -0.05) is 229 Å². The molecule has 0 aromatic heterocycles. The molecule has 332 valence electrons. The lowest BCUT2D eigenvalue weighted by Gasteiger charge is -2.23. The normalized spacial score (nSPS) is 13.7. The second kappa shape index (κ2) is 43.6. The van der Waals surface area contributed by atoms with E-state index in [-0.39, 0.29) is 5.91 Å². The molecule has 0 saturated carbocycles. The van der Waals surface area contributed by atoms with Gasteiger partial charge in [-0.2, -0.15) is 8.42 Å². The van der Waals surface area contributed by atoms with Crippen molar-refractivity contribution in [3.8, 4) is 0 Å². The summed E-state index contributed by atoms with van der Waals surface area (Å²) < 4.78 is 32.7. The first-order chi connectivity index (χ1) is 27.8. The highest BCUT2D eigenvalue weighted by atomic mass is 32.2. The number of unbranched alkanes of at least 4 members (excludes halogenated alkanes) is 25. The number of rotatable bonds is 43. The third-order valence-corrected chi connectivity index (χ3v) is 11.5. The summed E-state index contributed by atoms with van der Waals surface area (Å²) >= 11 is 0. The van der Waals surface area contributed by atoms with Gasteiger partial charge in [0.15, 0.2) is 0 Å². The smallest absolute Gasteiger partial charge is 0.266 e. The first-order valence-electron chi connectivity index (χ1n) is 24.0. The Balaban J connectivity index is 3.84. The predicted molar refractivity (Wildman–Crippen MR) is 248 cm³/mol. The first kappa shape index (κ1) is 55.0. The maximum atomic E-state index is 12.6. The van der Waals surface area contributed by atoms with E-state index >= 15 is 0 Å². The number of hydrogen-bond acceptors (Lipinski definition) is 4. The van der Waals surface area contributed by atoms with Crippen LogP contribution >= 0.6 is 0 Å². The molecule has 0 saturated heterocycles. The van der Waals surface area contributed by atoms with Crippen molar-refractivity contribution in [1.82, 2.24) is 5.32 Å². The maximum Gasteiger partial charge on any atom is 0.266 e. The Kier molecular flexibility index (Phi) is 42.1. The van der Waals surface area contributed by atoms with Gasteiger partial charge in [-0.15, -0.1) is 0 Å². The van der Waals surface area contributed by atoms with Crippen LogP contribution in [0.1, 0.15) is 232 Å². The second-order valence-corrected chi connectivity index (χ2v) is 17.9. The highest BCUT2D eigenvalue weighted by Crippen LogP contribution is 2.17. The van der Waals surface area contributed by atoms with Crippen molar-refractivity contribution in [2.75, 3.05) is 5.75 Å². The molecule has 0 aliphatic carbocycles. The van der Waals surface area contributed by atoms with Crippen molar-refractivity contribution in [1.29, 1.82) is 0 Å². The number of nitrogens with one attached hydrogen (secondary N) is 1. The zero-order chi connectivity index (χ0) is 41.8. The monoisotopic (exact) mass is 818 g/mol. The quantitative estimate of drug-likeness (QED) is 0.0323. The Morgan fingerprint density at radius 1 is 0.491 bits per heavy atom. The minimum Gasteiger partial charge on any atom is -0.391 e. The molecule has 3 N–H and O–H groups in total.